The molecule has 12 heteroatoms. The zero-order valence-electron chi connectivity index (χ0n) is 19.9. The highest BCUT2D eigenvalue weighted by atomic mass is 19.3. The molecule has 0 bridgehead atoms. The first kappa shape index (κ1) is 23.9. The van der Waals surface area contributed by atoms with Crippen molar-refractivity contribution in [2.24, 2.45) is 5.92 Å². The van der Waals surface area contributed by atoms with Crippen LogP contribution in [0.4, 0.5) is 13.2 Å². The molecule has 0 radical (unpaired) electrons. The van der Waals surface area contributed by atoms with Gasteiger partial charge in [0.05, 0.1) is 48.1 Å². The molecule has 2 aliphatic heterocycles. The first-order valence-electron chi connectivity index (χ1n) is 12.2. The molecule has 1 aromatic carbocycles. The number of piperidine rings is 1. The second kappa shape index (κ2) is 9.75. The van der Waals surface area contributed by atoms with Crippen LogP contribution < -0.4 is 5.69 Å². The van der Waals surface area contributed by atoms with Crippen molar-refractivity contribution in [1.82, 2.24) is 29.2 Å². The molecular weight excluding hydrogens is 489 g/mol. The van der Waals surface area contributed by atoms with E-state index in [1.54, 1.807) is 22.8 Å². The van der Waals surface area contributed by atoms with Crippen LogP contribution in [0.3, 0.4) is 0 Å². The standard InChI is InChI=1S/C25H25F3N6O3/c26-17-2-4-20-21(9-17)34(12-18-3-1-16(10-29-18)23-30-31-24(37-23)22(27)28)25(35)33(20)11-15-5-7-32(8-6-15)19-13-36-14-19/h1-4,9-10,15,19,22H,5-8,11-14H2. The SMILES string of the molecule is O=c1n(Cc2ccc(-c3nnc(C(F)F)o3)cn2)c2cc(F)ccc2n1CC1CCN(C2COC2)CC1. The van der Waals surface area contributed by atoms with Gasteiger partial charge in [0.15, 0.2) is 0 Å². The first-order chi connectivity index (χ1) is 18.0. The average Bonchev–Trinajstić information content (AvgIpc) is 3.45. The maximum atomic E-state index is 14.2. The smallest absolute Gasteiger partial charge is 0.329 e. The Kier molecular flexibility index (Phi) is 6.29. The first-order valence-corrected chi connectivity index (χ1v) is 12.2. The molecule has 6 rings (SSSR count). The van der Waals surface area contributed by atoms with Crippen LogP contribution in [0.25, 0.3) is 22.5 Å². The number of hydrogen-bond acceptors (Lipinski definition) is 7. The van der Waals surface area contributed by atoms with E-state index < -0.39 is 18.1 Å². The van der Waals surface area contributed by atoms with Crippen LogP contribution in [-0.2, 0) is 17.8 Å². The number of pyridine rings is 1. The summed E-state index contributed by atoms with van der Waals surface area (Å²) in [6, 6.07) is 8.15. The zero-order valence-corrected chi connectivity index (χ0v) is 19.9. The number of likely N-dealkylation sites (tertiary alicyclic amines) is 1. The summed E-state index contributed by atoms with van der Waals surface area (Å²) in [5.41, 5.74) is 1.88. The third-order valence-electron chi connectivity index (χ3n) is 7.23. The summed E-state index contributed by atoms with van der Waals surface area (Å²) in [6.07, 6.45) is 0.540. The largest absolute Gasteiger partial charge is 0.415 e. The maximum Gasteiger partial charge on any atom is 0.329 e. The summed E-state index contributed by atoms with van der Waals surface area (Å²) in [5, 5.41) is 6.94. The molecule has 2 aliphatic rings. The summed E-state index contributed by atoms with van der Waals surface area (Å²) < 4.78 is 53.2. The van der Waals surface area contributed by atoms with E-state index in [1.807, 2.05) is 0 Å². The molecule has 37 heavy (non-hydrogen) atoms. The van der Waals surface area contributed by atoms with Crippen LogP contribution in [0.15, 0.2) is 45.7 Å². The number of rotatable bonds is 7. The summed E-state index contributed by atoms with van der Waals surface area (Å²) in [6.45, 7) is 4.25. The lowest BCUT2D eigenvalue weighted by atomic mass is 9.95. The highest BCUT2D eigenvalue weighted by Gasteiger charge is 2.30. The van der Waals surface area contributed by atoms with Crippen molar-refractivity contribution < 1.29 is 22.3 Å². The van der Waals surface area contributed by atoms with E-state index in [1.165, 1.54) is 22.9 Å². The Balaban J connectivity index is 1.23. The van der Waals surface area contributed by atoms with Crippen molar-refractivity contribution in [3.63, 3.8) is 0 Å². The van der Waals surface area contributed by atoms with Crippen LogP contribution in [-0.4, -0.2) is 61.6 Å². The topological polar surface area (TPSA) is 91.2 Å². The molecule has 194 valence electrons. The normalized spacial score (nSPS) is 17.6. The second-order valence-electron chi connectivity index (χ2n) is 9.57. The van der Waals surface area contributed by atoms with Crippen molar-refractivity contribution in [3.8, 4) is 11.5 Å². The summed E-state index contributed by atoms with van der Waals surface area (Å²) >= 11 is 0. The average molecular weight is 515 g/mol. The highest BCUT2D eigenvalue weighted by Crippen LogP contribution is 2.26. The van der Waals surface area contributed by atoms with Crippen LogP contribution in [0, 0.1) is 11.7 Å². The molecule has 0 atom stereocenters. The van der Waals surface area contributed by atoms with Crippen LogP contribution >= 0.6 is 0 Å². The molecule has 0 aliphatic carbocycles. The number of benzene rings is 1. The molecule has 0 spiro atoms. The molecule has 0 amide bonds. The maximum absolute atomic E-state index is 14.2. The van der Waals surface area contributed by atoms with E-state index in [9.17, 15) is 18.0 Å². The number of fused-ring (bicyclic) bond motifs is 1. The summed E-state index contributed by atoms with van der Waals surface area (Å²) in [5.74, 6) is -0.905. The molecule has 4 aromatic rings. The Labute approximate surface area is 209 Å². The van der Waals surface area contributed by atoms with Gasteiger partial charge < -0.3 is 9.15 Å². The van der Waals surface area contributed by atoms with E-state index in [0.29, 0.717) is 40.8 Å². The molecule has 0 saturated carbocycles. The van der Waals surface area contributed by atoms with Crippen molar-refractivity contribution in [2.75, 3.05) is 26.3 Å². The van der Waals surface area contributed by atoms with E-state index in [0.717, 1.165) is 39.1 Å². The molecule has 0 N–H and O–H groups in total. The van der Waals surface area contributed by atoms with E-state index >= 15 is 0 Å². The van der Waals surface area contributed by atoms with Gasteiger partial charge in [0.25, 0.3) is 5.89 Å². The molecule has 9 nitrogen and oxygen atoms in total. The minimum Gasteiger partial charge on any atom is -0.415 e. The third-order valence-corrected chi connectivity index (χ3v) is 7.23. The van der Waals surface area contributed by atoms with Gasteiger partial charge in [-0.15, -0.1) is 10.2 Å². The molecule has 0 unspecified atom stereocenters. The lowest BCUT2D eigenvalue weighted by molar-refractivity contribution is -0.0742. The van der Waals surface area contributed by atoms with E-state index in [2.05, 4.69) is 20.1 Å². The summed E-state index contributed by atoms with van der Waals surface area (Å²) in [4.78, 5) is 20.3. The minimum absolute atomic E-state index is 0.0685. The lowest BCUT2D eigenvalue weighted by Crippen LogP contribution is -2.52. The van der Waals surface area contributed by atoms with Gasteiger partial charge in [-0.2, -0.15) is 8.78 Å². The molecule has 5 heterocycles. The molecular formula is C25H25F3N6O3. The summed E-state index contributed by atoms with van der Waals surface area (Å²) in [7, 11) is 0. The highest BCUT2D eigenvalue weighted by molar-refractivity contribution is 5.76. The number of imidazole rings is 1. The Morgan fingerprint density at radius 3 is 2.49 bits per heavy atom. The number of hydrogen-bond donors (Lipinski definition) is 0. The lowest BCUT2D eigenvalue weighted by Gasteiger charge is -2.41. The van der Waals surface area contributed by atoms with Crippen molar-refractivity contribution in [3.05, 3.63) is 64.4 Å². The van der Waals surface area contributed by atoms with Crippen molar-refractivity contribution in [2.45, 2.75) is 38.4 Å². The van der Waals surface area contributed by atoms with Gasteiger partial charge in [0.1, 0.15) is 5.82 Å². The number of alkyl halides is 2. The van der Waals surface area contributed by atoms with Gasteiger partial charge >= 0.3 is 12.1 Å². The zero-order chi connectivity index (χ0) is 25.5. The van der Waals surface area contributed by atoms with Gasteiger partial charge in [-0.25, -0.2) is 9.18 Å². The number of aromatic nitrogens is 5. The number of nitrogens with zero attached hydrogens (tertiary/aromatic N) is 6. The van der Waals surface area contributed by atoms with E-state index in [-0.39, 0.29) is 18.1 Å². The fourth-order valence-electron chi connectivity index (χ4n) is 5.06. The molecule has 2 fully saturated rings. The van der Waals surface area contributed by atoms with Crippen LogP contribution in [0.1, 0.15) is 30.9 Å². The molecule has 3 aromatic heterocycles. The predicted octanol–water partition coefficient (Wildman–Crippen LogP) is 3.48. The fraction of sp³-hybridized carbons (Fsp3) is 0.440. The number of ether oxygens (including phenoxy) is 1. The van der Waals surface area contributed by atoms with Gasteiger partial charge in [-0.3, -0.25) is 19.0 Å². The fourth-order valence-corrected chi connectivity index (χ4v) is 5.06. The quantitative estimate of drug-likeness (QED) is 0.373. The predicted molar refractivity (Wildman–Crippen MR) is 127 cm³/mol. The monoisotopic (exact) mass is 514 g/mol. The van der Waals surface area contributed by atoms with Gasteiger partial charge in [0.2, 0.25) is 5.89 Å². The Bertz CT molecular complexity index is 1450. The Morgan fingerprint density at radius 2 is 1.84 bits per heavy atom. The van der Waals surface area contributed by atoms with E-state index in [4.69, 9.17) is 9.15 Å². The van der Waals surface area contributed by atoms with Crippen molar-refractivity contribution >= 4 is 11.0 Å². The Hall–Kier alpha value is -3.51. The molecule has 2 saturated heterocycles. The Morgan fingerprint density at radius 1 is 1.03 bits per heavy atom. The van der Waals surface area contributed by atoms with Gasteiger partial charge in [-0.1, -0.05) is 0 Å². The van der Waals surface area contributed by atoms with Crippen LogP contribution in [0.2, 0.25) is 0 Å². The van der Waals surface area contributed by atoms with Crippen molar-refractivity contribution in [1.29, 1.82) is 0 Å². The van der Waals surface area contributed by atoms with Crippen LogP contribution in [0.5, 0.6) is 0 Å². The van der Waals surface area contributed by atoms with Gasteiger partial charge in [-0.05, 0) is 62.2 Å². The minimum atomic E-state index is -2.86. The second-order valence-corrected chi connectivity index (χ2v) is 9.57. The third kappa shape index (κ3) is 4.66. The van der Waals surface area contributed by atoms with Gasteiger partial charge in [0, 0.05) is 12.7 Å². The number of halogens is 3.